The van der Waals surface area contributed by atoms with E-state index in [1.54, 1.807) is 0 Å². The summed E-state index contributed by atoms with van der Waals surface area (Å²) in [5.41, 5.74) is 7.02. The molecule has 0 radical (unpaired) electrons. The molecule has 8 aromatic carbocycles. The van der Waals surface area contributed by atoms with E-state index in [0.717, 1.165) is 65.9 Å². The Morgan fingerprint density at radius 1 is 0.306 bits per heavy atom. The second-order valence-corrected chi connectivity index (χ2v) is 12.4. The van der Waals surface area contributed by atoms with E-state index in [1.807, 2.05) is 72.8 Å². The SMILES string of the molecule is c1ccc(-c2nc(-c3ccccc3)nc(-c3cccc4c(-c5ccc6ccc7cc8oc9ccccc9c8cc7c6c5)cccc34)n2)cc1. The van der Waals surface area contributed by atoms with Crippen LogP contribution in [0.5, 0.6) is 0 Å². The first-order valence-corrected chi connectivity index (χ1v) is 16.4. The normalized spacial score (nSPS) is 11.7. The third kappa shape index (κ3) is 4.57. The van der Waals surface area contributed by atoms with E-state index in [4.69, 9.17) is 19.4 Å². The molecule has 0 amide bonds. The first-order chi connectivity index (χ1) is 24.3. The molecule has 0 bridgehead atoms. The average Bonchev–Trinajstić information content (AvgIpc) is 3.54. The topological polar surface area (TPSA) is 51.8 Å². The van der Waals surface area contributed by atoms with Crippen LogP contribution in [-0.4, -0.2) is 15.0 Å². The van der Waals surface area contributed by atoms with Crippen LogP contribution in [0.25, 0.3) is 99.5 Å². The molecule has 0 aliphatic heterocycles. The van der Waals surface area contributed by atoms with Gasteiger partial charge in [0.25, 0.3) is 0 Å². The summed E-state index contributed by atoms with van der Waals surface area (Å²) in [6.45, 7) is 0. The maximum atomic E-state index is 6.21. The number of hydrogen-bond acceptors (Lipinski definition) is 4. The van der Waals surface area contributed by atoms with Gasteiger partial charge in [-0.3, -0.25) is 0 Å². The smallest absolute Gasteiger partial charge is 0.164 e. The molecule has 0 N–H and O–H groups in total. The van der Waals surface area contributed by atoms with E-state index < -0.39 is 0 Å². The molecule has 0 saturated carbocycles. The van der Waals surface area contributed by atoms with Crippen LogP contribution in [-0.2, 0) is 0 Å². The van der Waals surface area contributed by atoms with Crippen molar-refractivity contribution in [1.82, 2.24) is 15.0 Å². The number of furan rings is 1. The number of aromatic nitrogens is 3. The fourth-order valence-corrected chi connectivity index (χ4v) is 7.13. The molecule has 2 aromatic heterocycles. The molecule has 49 heavy (non-hydrogen) atoms. The molecular weight excluding hydrogens is 599 g/mol. The quantitative estimate of drug-likeness (QED) is 0.183. The number of para-hydroxylation sites is 1. The molecule has 228 valence electrons. The fourth-order valence-electron chi connectivity index (χ4n) is 7.13. The first kappa shape index (κ1) is 27.5. The Morgan fingerprint density at radius 2 is 0.878 bits per heavy atom. The van der Waals surface area contributed by atoms with Crippen LogP contribution in [0.1, 0.15) is 0 Å². The van der Waals surface area contributed by atoms with E-state index in [0.29, 0.717) is 17.5 Å². The van der Waals surface area contributed by atoms with Gasteiger partial charge >= 0.3 is 0 Å². The van der Waals surface area contributed by atoms with Crippen LogP contribution < -0.4 is 0 Å². The van der Waals surface area contributed by atoms with E-state index in [1.165, 1.54) is 16.2 Å². The molecule has 0 aliphatic carbocycles. The van der Waals surface area contributed by atoms with Crippen LogP contribution >= 0.6 is 0 Å². The van der Waals surface area contributed by atoms with Crippen LogP contribution in [0.4, 0.5) is 0 Å². The fraction of sp³-hybridized carbons (Fsp3) is 0. The van der Waals surface area contributed by atoms with Crippen molar-refractivity contribution in [2.45, 2.75) is 0 Å². The van der Waals surface area contributed by atoms with Crippen molar-refractivity contribution in [3.63, 3.8) is 0 Å². The molecule has 2 heterocycles. The van der Waals surface area contributed by atoms with Gasteiger partial charge in [0.15, 0.2) is 17.5 Å². The maximum absolute atomic E-state index is 6.21. The summed E-state index contributed by atoms with van der Waals surface area (Å²) in [5.74, 6) is 1.95. The number of fused-ring (bicyclic) bond motifs is 7. The largest absolute Gasteiger partial charge is 0.456 e. The van der Waals surface area contributed by atoms with Crippen molar-refractivity contribution in [2.24, 2.45) is 0 Å². The summed E-state index contributed by atoms with van der Waals surface area (Å²) < 4.78 is 6.21. The van der Waals surface area contributed by atoms with Gasteiger partial charge < -0.3 is 4.42 Å². The lowest BCUT2D eigenvalue weighted by atomic mass is 9.92. The second-order valence-electron chi connectivity index (χ2n) is 12.4. The van der Waals surface area contributed by atoms with Gasteiger partial charge in [-0.1, -0.05) is 140 Å². The Balaban J connectivity index is 1.16. The standard InChI is InChI=1S/C45H27N3O/c1-3-11-29(12-4-1)43-46-44(30-13-5-2-6-14-30)48-45(47-43)37-19-10-17-34-33(16-9-18-35(34)37)31-23-21-28-22-24-32-26-42-40(27-39(32)38(28)25-31)36-15-7-8-20-41(36)49-42/h1-27H. The zero-order chi connectivity index (χ0) is 32.3. The summed E-state index contributed by atoms with van der Waals surface area (Å²) in [4.78, 5) is 15.0. The predicted octanol–water partition coefficient (Wildman–Crippen LogP) is 11.9. The Labute approximate surface area is 282 Å². The Hall–Kier alpha value is -6.65. The highest BCUT2D eigenvalue weighted by Gasteiger charge is 2.16. The lowest BCUT2D eigenvalue weighted by Crippen LogP contribution is -2.00. The first-order valence-electron chi connectivity index (χ1n) is 16.4. The van der Waals surface area contributed by atoms with E-state index >= 15 is 0 Å². The predicted molar refractivity (Wildman–Crippen MR) is 201 cm³/mol. The van der Waals surface area contributed by atoms with Crippen LogP contribution in [0, 0.1) is 0 Å². The molecule has 0 aliphatic rings. The molecule has 10 aromatic rings. The number of rotatable bonds is 4. The summed E-state index contributed by atoms with van der Waals surface area (Å²) in [5, 5.41) is 9.31. The van der Waals surface area contributed by atoms with Crippen molar-refractivity contribution >= 4 is 54.3 Å². The Kier molecular flexibility index (Phi) is 6.15. The molecule has 0 fully saturated rings. The van der Waals surface area contributed by atoms with Crippen LogP contribution in [0.3, 0.4) is 0 Å². The molecule has 0 atom stereocenters. The highest BCUT2D eigenvalue weighted by Crippen LogP contribution is 2.39. The monoisotopic (exact) mass is 625 g/mol. The van der Waals surface area contributed by atoms with E-state index in [-0.39, 0.29) is 0 Å². The highest BCUT2D eigenvalue weighted by atomic mass is 16.3. The number of nitrogens with zero attached hydrogens (tertiary/aromatic N) is 3. The molecule has 10 rings (SSSR count). The van der Waals surface area contributed by atoms with Gasteiger partial charge in [0.2, 0.25) is 0 Å². The minimum absolute atomic E-state index is 0.649. The summed E-state index contributed by atoms with van der Waals surface area (Å²) in [6.07, 6.45) is 0. The second kappa shape index (κ2) is 11.0. The molecule has 0 saturated heterocycles. The van der Waals surface area contributed by atoms with Gasteiger partial charge in [-0.15, -0.1) is 0 Å². The van der Waals surface area contributed by atoms with Crippen LogP contribution in [0.2, 0.25) is 0 Å². The van der Waals surface area contributed by atoms with Crippen molar-refractivity contribution in [3.8, 4) is 45.3 Å². The molecular formula is C45H27N3O. The Bertz CT molecular complexity index is 2820. The average molecular weight is 626 g/mol. The number of benzene rings is 8. The van der Waals surface area contributed by atoms with Gasteiger partial charge in [0.1, 0.15) is 11.2 Å². The van der Waals surface area contributed by atoms with Crippen molar-refractivity contribution < 1.29 is 4.42 Å². The van der Waals surface area contributed by atoms with Gasteiger partial charge in [0.05, 0.1) is 0 Å². The minimum atomic E-state index is 0.649. The lowest BCUT2D eigenvalue weighted by molar-refractivity contribution is 0.669. The zero-order valence-electron chi connectivity index (χ0n) is 26.3. The minimum Gasteiger partial charge on any atom is -0.456 e. The van der Waals surface area contributed by atoms with Gasteiger partial charge in [-0.05, 0) is 67.7 Å². The van der Waals surface area contributed by atoms with Gasteiger partial charge in [0, 0.05) is 27.5 Å². The maximum Gasteiger partial charge on any atom is 0.164 e. The number of hydrogen-bond donors (Lipinski definition) is 0. The van der Waals surface area contributed by atoms with Crippen molar-refractivity contribution in [1.29, 1.82) is 0 Å². The van der Waals surface area contributed by atoms with Crippen molar-refractivity contribution in [3.05, 3.63) is 164 Å². The van der Waals surface area contributed by atoms with Crippen molar-refractivity contribution in [2.75, 3.05) is 0 Å². The molecule has 4 nitrogen and oxygen atoms in total. The third-order valence-electron chi connectivity index (χ3n) is 9.51. The van der Waals surface area contributed by atoms with Crippen LogP contribution in [0.15, 0.2) is 168 Å². The molecule has 4 heteroatoms. The molecule has 0 unspecified atom stereocenters. The van der Waals surface area contributed by atoms with E-state index in [2.05, 4.69) is 91.0 Å². The summed E-state index contributed by atoms with van der Waals surface area (Å²) in [7, 11) is 0. The van der Waals surface area contributed by atoms with E-state index in [9.17, 15) is 0 Å². The molecule has 0 spiro atoms. The zero-order valence-corrected chi connectivity index (χ0v) is 26.3. The third-order valence-corrected chi connectivity index (χ3v) is 9.51. The summed E-state index contributed by atoms with van der Waals surface area (Å²) in [6, 6.07) is 57.0. The van der Waals surface area contributed by atoms with Gasteiger partial charge in [-0.25, -0.2) is 15.0 Å². The lowest BCUT2D eigenvalue weighted by Gasteiger charge is -2.13. The highest BCUT2D eigenvalue weighted by molar-refractivity contribution is 6.17. The van der Waals surface area contributed by atoms with Gasteiger partial charge in [-0.2, -0.15) is 0 Å². The summed E-state index contributed by atoms with van der Waals surface area (Å²) >= 11 is 0. The Morgan fingerprint density at radius 3 is 1.63 bits per heavy atom.